The molecule has 2 saturated heterocycles. The second-order valence-corrected chi connectivity index (χ2v) is 6.51. The minimum absolute atomic E-state index is 0.172. The van der Waals surface area contributed by atoms with Crippen LogP contribution in [-0.2, 0) is 35.1 Å². The molecule has 1 aromatic carbocycles. The Morgan fingerprint density at radius 3 is 2.25 bits per heavy atom. The zero-order chi connectivity index (χ0) is 20.4. The second kappa shape index (κ2) is 11.4. The van der Waals surface area contributed by atoms with Gasteiger partial charge in [0, 0.05) is 11.1 Å². The van der Waals surface area contributed by atoms with Crippen LogP contribution >= 0.6 is 0 Å². The first-order valence-electron chi connectivity index (χ1n) is 9.05. The molecule has 0 amide bonds. The van der Waals surface area contributed by atoms with E-state index < -0.39 is 11.9 Å². The molecule has 0 aliphatic carbocycles. The summed E-state index contributed by atoms with van der Waals surface area (Å²) in [5, 5.41) is 8.67. The maximum atomic E-state index is 11.6. The van der Waals surface area contributed by atoms with E-state index in [1.165, 1.54) is 13.0 Å². The predicted octanol–water partition coefficient (Wildman–Crippen LogP) is 2.51. The average molecular weight is 390 g/mol. The third-order valence-electron chi connectivity index (χ3n) is 3.91. The minimum Gasteiger partial charge on any atom is -0.478 e. The van der Waals surface area contributed by atoms with Gasteiger partial charge in [-0.05, 0) is 18.9 Å². The second-order valence-electron chi connectivity index (χ2n) is 6.51. The summed E-state index contributed by atoms with van der Waals surface area (Å²) in [5.41, 5.74) is 1.30. The SMILES string of the molecule is C(OCC1CO1)C1CO1.C=C(CC=C(C)C(=O)O)C(=O)OCc1ccccc1. The third-order valence-corrected chi connectivity index (χ3v) is 3.91. The molecule has 28 heavy (non-hydrogen) atoms. The monoisotopic (exact) mass is 390 g/mol. The number of carbonyl (C=O) groups excluding carboxylic acids is 1. The summed E-state index contributed by atoms with van der Waals surface area (Å²) >= 11 is 0. The van der Waals surface area contributed by atoms with Gasteiger partial charge in [-0.2, -0.15) is 0 Å². The van der Waals surface area contributed by atoms with Gasteiger partial charge in [-0.15, -0.1) is 0 Å². The highest BCUT2D eigenvalue weighted by Crippen LogP contribution is 2.12. The lowest BCUT2D eigenvalue weighted by atomic mass is 10.1. The van der Waals surface area contributed by atoms with Crippen molar-refractivity contribution in [3.8, 4) is 0 Å². The molecule has 0 saturated carbocycles. The standard InChI is InChI=1S/C15H16O4.C6H10O3/c1-11(14(16)17)8-9-12(2)15(18)19-10-13-6-4-3-5-7-13;1(5-3-8-5)7-2-6-4-9-6/h3-8H,2,9-10H2,1H3,(H,16,17);5-6H,1-4H2. The summed E-state index contributed by atoms with van der Waals surface area (Å²) in [6.07, 6.45) is 2.40. The number of allylic oxidation sites excluding steroid dienone is 1. The van der Waals surface area contributed by atoms with Crippen LogP contribution in [0.15, 0.2) is 54.1 Å². The molecular formula is C21H26O7. The molecular weight excluding hydrogens is 364 g/mol. The van der Waals surface area contributed by atoms with Crippen molar-refractivity contribution >= 4 is 11.9 Å². The van der Waals surface area contributed by atoms with E-state index in [-0.39, 0.29) is 24.2 Å². The van der Waals surface area contributed by atoms with Gasteiger partial charge in [0.15, 0.2) is 0 Å². The summed E-state index contributed by atoms with van der Waals surface area (Å²) in [7, 11) is 0. The average Bonchev–Trinajstić information content (AvgIpc) is 3.61. The van der Waals surface area contributed by atoms with Gasteiger partial charge in [0.25, 0.3) is 0 Å². The van der Waals surface area contributed by atoms with Crippen LogP contribution in [0, 0.1) is 0 Å². The van der Waals surface area contributed by atoms with E-state index in [2.05, 4.69) is 6.58 Å². The van der Waals surface area contributed by atoms with Crippen LogP contribution in [0.2, 0.25) is 0 Å². The first-order chi connectivity index (χ1) is 13.5. The molecule has 2 atom stereocenters. The van der Waals surface area contributed by atoms with Gasteiger partial charge in [-0.3, -0.25) is 0 Å². The molecule has 0 aromatic heterocycles. The maximum absolute atomic E-state index is 11.6. The van der Waals surface area contributed by atoms with E-state index in [0.717, 1.165) is 32.0 Å². The van der Waals surface area contributed by atoms with Crippen molar-refractivity contribution in [2.24, 2.45) is 0 Å². The van der Waals surface area contributed by atoms with Crippen molar-refractivity contribution in [1.82, 2.24) is 0 Å². The number of carboxylic acids is 1. The summed E-state index contributed by atoms with van der Waals surface area (Å²) < 4.78 is 20.2. The highest BCUT2D eigenvalue weighted by Gasteiger charge is 2.26. The zero-order valence-corrected chi connectivity index (χ0v) is 16.0. The number of esters is 1. The lowest BCUT2D eigenvalue weighted by Gasteiger charge is -2.05. The van der Waals surface area contributed by atoms with Gasteiger partial charge in [-0.25, -0.2) is 9.59 Å². The number of aliphatic carboxylic acids is 1. The molecule has 2 fully saturated rings. The summed E-state index contributed by atoms with van der Waals surface area (Å²) in [6, 6.07) is 9.30. The number of epoxide rings is 2. The number of rotatable bonds is 10. The van der Waals surface area contributed by atoms with E-state index in [4.69, 9.17) is 24.1 Å². The molecule has 2 heterocycles. The van der Waals surface area contributed by atoms with Gasteiger partial charge in [0.1, 0.15) is 18.8 Å². The van der Waals surface area contributed by atoms with Crippen LogP contribution in [0.1, 0.15) is 18.9 Å². The van der Waals surface area contributed by atoms with Gasteiger partial charge in [0.05, 0.1) is 26.4 Å². The van der Waals surface area contributed by atoms with Crippen LogP contribution in [0.4, 0.5) is 0 Å². The van der Waals surface area contributed by atoms with Gasteiger partial charge >= 0.3 is 11.9 Å². The molecule has 152 valence electrons. The van der Waals surface area contributed by atoms with E-state index in [9.17, 15) is 9.59 Å². The van der Waals surface area contributed by atoms with Crippen LogP contribution in [0.3, 0.4) is 0 Å². The van der Waals surface area contributed by atoms with Crippen molar-refractivity contribution < 1.29 is 33.6 Å². The normalized spacial score (nSPS) is 19.8. The van der Waals surface area contributed by atoms with Crippen molar-refractivity contribution in [3.05, 3.63) is 59.7 Å². The topological polar surface area (TPSA) is 97.9 Å². The van der Waals surface area contributed by atoms with E-state index in [0.29, 0.717) is 12.2 Å². The lowest BCUT2D eigenvalue weighted by Crippen LogP contribution is -2.07. The number of ether oxygens (including phenoxy) is 4. The van der Waals surface area contributed by atoms with Crippen LogP contribution in [-0.4, -0.2) is 55.7 Å². The Morgan fingerprint density at radius 1 is 1.18 bits per heavy atom. The van der Waals surface area contributed by atoms with Crippen LogP contribution in [0.5, 0.6) is 0 Å². The van der Waals surface area contributed by atoms with Gasteiger partial charge in [-0.1, -0.05) is 43.0 Å². The highest BCUT2D eigenvalue weighted by molar-refractivity contribution is 5.89. The van der Waals surface area contributed by atoms with E-state index >= 15 is 0 Å². The summed E-state index contributed by atoms with van der Waals surface area (Å²) in [6.45, 7) is 8.49. The minimum atomic E-state index is -1.01. The third kappa shape index (κ3) is 9.45. The Kier molecular flexibility index (Phi) is 8.87. The maximum Gasteiger partial charge on any atom is 0.334 e. The first kappa shape index (κ1) is 21.8. The fourth-order valence-corrected chi connectivity index (χ4v) is 1.93. The summed E-state index contributed by atoms with van der Waals surface area (Å²) in [5.74, 6) is -1.52. The molecule has 7 heteroatoms. The van der Waals surface area contributed by atoms with Crippen molar-refractivity contribution in [2.45, 2.75) is 32.2 Å². The number of benzene rings is 1. The fraction of sp³-hybridized carbons (Fsp3) is 0.429. The molecule has 3 rings (SSSR count). The molecule has 2 unspecified atom stereocenters. The Bertz CT molecular complexity index is 676. The van der Waals surface area contributed by atoms with Crippen molar-refractivity contribution in [2.75, 3.05) is 26.4 Å². The molecule has 0 spiro atoms. The molecule has 7 nitrogen and oxygen atoms in total. The molecule has 1 aromatic rings. The van der Waals surface area contributed by atoms with Gasteiger partial charge in [0.2, 0.25) is 0 Å². The van der Waals surface area contributed by atoms with Crippen LogP contribution < -0.4 is 0 Å². The quantitative estimate of drug-likeness (QED) is 0.372. The summed E-state index contributed by atoms with van der Waals surface area (Å²) in [4.78, 5) is 22.2. The Labute approximate surface area is 164 Å². The largest absolute Gasteiger partial charge is 0.478 e. The van der Waals surface area contributed by atoms with Crippen molar-refractivity contribution in [1.29, 1.82) is 0 Å². The zero-order valence-electron chi connectivity index (χ0n) is 16.0. The Hall–Kier alpha value is -2.48. The smallest absolute Gasteiger partial charge is 0.334 e. The van der Waals surface area contributed by atoms with Gasteiger partial charge < -0.3 is 24.1 Å². The molecule has 0 radical (unpaired) electrons. The molecule has 2 aliphatic heterocycles. The Balaban J connectivity index is 0.000000255. The predicted molar refractivity (Wildman–Crippen MR) is 102 cm³/mol. The van der Waals surface area contributed by atoms with E-state index in [1.54, 1.807) is 0 Å². The fourth-order valence-electron chi connectivity index (χ4n) is 1.93. The molecule has 1 N–H and O–H groups in total. The van der Waals surface area contributed by atoms with E-state index in [1.807, 2.05) is 30.3 Å². The Morgan fingerprint density at radius 2 is 1.75 bits per heavy atom. The van der Waals surface area contributed by atoms with Crippen LogP contribution in [0.25, 0.3) is 0 Å². The number of carboxylic acid groups (broad SMARTS) is 1. The lowest BCUT2D eigenvalue weighted by molar-refractivity contribution is -0.140. The number of hydrogen-bond acceptors (Lipinski definition) is 6. The molecule has 0 bridgehead atoms. The first-order valence-corrected chi connectivity index (χ1v) is 9.05. The number of carbonyl (C=O) groups is 2. The number of hydrogen-bond donors (Lipinski definition) is 1. The highest BCUT2D eigenvalue weighted by atomic mass is 16.6. The molecule has 2 aliphatic rings. The van der Waals surface area contributed by atoms with Crippen molar-refractivity contribution in [3.63, 3.8) is 0 Å².